The molecule has 1 saturated carbocycles. The van der Waals surface area contributed by atoms with Crippen LogP contribution < -0.4 is 5.32 Å². The van der Waals surface area contributed by atoms with Gasteiger partial charge in [0.25, 0.3) is 0 Å². The third-order valence-electron chi connectivity index (χ3n) is 0.957. The van der Waals surface area contributed by atoms with Gasteiger partial charge in [0.15, 0.2) is 0 Å². The Morgan fingerprint density at radius 3 is 2.50 bits per heavy atom. The van der Waals surface area contributed by atoms with Crippen LogP contribution in [0.25, 0.3) is 0 Å². The first kappa shape index (κ1) is 4.09. The van der Waals surface area contributed by atoms with E-state index in [9.17, 15) is 0 Å². The van der Waals surface area contributed by atoms with Gasteiger partial charge in [-0.1, -0.05) is 0 Å². The van der Waals surface area contributed by atoms with Crippen molar-refractivity contribution >= 4 is 0 Å². The number of hydrogen-bond acceptors (Lipinski definition) is 2. The van der Waals surface area contributed by atoms with Gasteiger partial charge in [-0.2, -0.15) is 0 Å². The molecule has 0 heterocycles. The van der Waals surface area contributed by atoms with E-state index in [0.717, 1.165) is 0 Å². The van der Waals surface area contributed by atoms with Crippen LogP contribution in [0.1, 0.15) is 12.8 Å². The van der Waals surface area contributed by atoms with E-state index in [2.05, 4.69) is 5.32 Å². The average Bonchev–Trinajstić information content (AvgIpc) is 2.21. The minimum atomic E-state index is 0.144. The SMILES string of the molecule is OCNC1CC1. The summed E-state index contributed by atoms with van der Waals surface area (Å²) in [5.74, 6) is 0. The molecule has 0 bridgehead atoms. The molecule has 36 valence electrons. The fourth-order valence-corrected chi connectivity index (χ4v) is 0.417. The van der Waals surface area contributed by atoms with Crippen molar-refractivity contribution in [2.24, 2.45) is 0 Å². The molecular formula is C4H9NO. The average molecular weight is 87.1 g/mol. The van der Waals surface area contributed by atoms with Crippen molar-refractivity contribution in [2.45, 2.75) is 18.9 Å². The van der Waals surface area contributed by atoms with Crippen LogP contribution in [0, 0.1) is 0 Å². The third kappa shape index (κ3) is 0.954. The molecule has 0 aromatic rings. The van der Waals surface area contributed by atoms with Crippen molar-refractivity contribution < 1.29 is 5.11 Å². The van der Waals surface area contributed by atoms with Gasteiger partial charge in [0.05, 0.1) is 6.73 Å². The van der Waals surface area contributed by atoms with Crippen molar-refractivity contribution in [2.75, 3.05) is 6.73 Å². The maximum atomic E-state index is 8.17. The molecule has 1 rings (SSSR count). The number of rotatable bonds is 2. The summed E-state index contributed by atoms with van der Waals surface area (Å²) in [7, 11) is 0. The first-order valence-corrected chi connectivity index (χ1v) is 2.27. The molecule has 0 aliphatic heterocycles. The van der Waals surface area contributed by atoms with Gasteiger partial charge in [-0.25, -0.2) is 0 Å². The van der Waals surface area contributed by atoms with E-state index in [1.807, 2.05) is 0 Å². The van der Waals surface area contributed by atoms with E-state index in [4.69, 9.17) is 5.11 Å². The molecule has 0 atom stereocenters. The van der Waals surface area contributed by atoms with Crippen LogP contribution in [0.5, 0.6) is 0 Å². The van der Waals surface area contributed by atoms with Crippen molar-refractivity contribution in [1.29, 1.82) is 0 Å². The highest BCUT2D eigenvalue weighted by Crippen LogP contribution is 2.17. The summed E-state index contributed by atoms with van der Waals surface area (Å²) >= 11 is 0. The molecule has 2 heteroatoms. The Morgan fingerprint density at radius 1 is 1.67 bits per heavy atom. The van der Waals surface area contributed by atoms with Gasteiger partial charge < -0.3 is 5.11 Å². The smallest absolute Gasteiger partial charge is 0.0933 e. The van der Waals surface area contributed by atoms with Crippen molar-refractivity contribution in [3.63, 3.8) is 0 Å². The van der Waals surface area contributed by atoms with E-state index in [-0.39, 0.29) is 6.73 Å². The second-order valence-corrected chi connectivity index (χ2v) is 1.64. The number of hydrogen-bond donors (Lipinski definition) is 2. The summed E-state index contributed by atoms with van der Waals surface area (Å²) in [5, 5.41) is 11.0. The zero-order valence-corrected chi connectivity index (χ0v) is 3.65. The molecular weight excluding hydrogens is 78.0 g/mol. The summed E-state index contributed by atoms with van der Waals surface area (Å²) in [6.45, 7) is 0.144. The first-order chi connectivity index (χ1) is 2.93. The topological polar surface area (TPSA) is 32.3 Å². The standard InChI is InChI=1S/C4H9NO/c6-3-5-4-1-2-4/h4-6H,1-3H2. The van der Waals surface area contributed by atoms with Crippen molar-refractivity contribution in [1.82, 2.24) is 5.32 Å². The fraction of sp³-hybridized carbons (Fsp3) is 1.00. The van der Waals surface area contributed by atoms with Crippen LogP contribution in [0.15, 0.2) is 0 Å². The quantitative estimate of drug-likeness (QED) is 0.453. The molecule has 1 aliphatic carbocycles. The molecule has 0 saturated heterocycles. The van der Waals surface area contributed by atoms with E-state index < -0.39 is 0 Å². The van der Waals surface area contributed by atoms with Gasteiger partial charge in [-0.05, 0) is 12.8 Å². The second-order valence-electron chi connectivity index (χ2n) is 1.64. The molecule has 6 heavy (non-hydrogen) atoms. The van der Waals surface area contributed by atoms with Crippen molar-refractivity contribution in [3.05, 3.63) is 0 Å². The summed E-state index contributed by atoms with van der Waals surface area (Å²) in [6.07, 6.45) is 2.50. The summed E-state index contributed by atoms with van der Waals surface area (Å²) < 4.78 is 0. The van der Waals surface area contributed by atoms with Gasteiger partial charge >= 0.3 is 0 Å². The number of aliphatic hydroxyl groups excluding tert-OH is 1. The van der Waals surface area contributed by atoms with Crippen LogP contribution in [-0.2, 0) is 0 Å². The van der Waals surface area contributed by atoms with Gasteiger partial charge in [0.2, 0.25) is 0 Å². The molecule has 1 fully saturated rings. The lowest BCUT2D eigenvalue weighted by molar-refractivity contribution is 0.259. The highest BCUT2D eigenvalue weighted by atomic mass is 16.3. The Labute approximate surface area is 37.2 Å². The molecule has 0 amide bonds. The predicted molar refractivity (Wildman–Crippen MR) is 23.2 cm³/mol. The van der Waals surface area contributed by atoms with Gasteiger partial charge in [-0.15, -0.1) is 0 Å². The lowest BCUT2D eigenvalue weighted by Gasteiger charge is -1.89. The van der Waals surface area contributed by atoms with Gasteiger partial charge in [0.1, 0.15) is 0 Å². The Morgan fingerprint density at radius 2 is 2.33 bits per heavy atom. The third-order valence-corrected chi connectivity index (χ3v) is 0.957. The minimum absolute atomic E-state index is 0.144. The Bertz CT molecular complexity index is 42.8. The lowest BCUT2D eigenvalue weighted by Crippen LogP contribution is -2.16. The van der Waals surface area contributed by atoms with E-state index in [1.54, 1.807) is 0 Å². The van der Waals surface area contributed by atoms with Crippen LogP contribution in [-0.4, -0.2) is 17.9 Å². The van der Waals surface area contributed by atoms with Crippen LogP contribution in [0.3, 0.4) is 0 Å². The molecule has 0 aromatic carbocycles. The molecule has 0 radical (unpaired) electrons. The number of nitrogens with one attached hydrogen (secondary N) is 1. The van der Waals surface area contributed by atoms with Crippen LogP contribution in [0.2, 0.25) is 0 Å². The van der Waals surface area contributed by atoms with E-state index >= 15 is 0 Å². The van der Waals surface area contributed by atoms with Crippen LogP contribution in [0.4, 0.5) is 0 Å². The van der Waals surface area contributed by atoms with Gasteiger partial charge in [-0.3, -0.25) is 5.32 Å². The Kier molecular flexibility index (Phi) is 1.08. The zero-order valence-electron chi connectivity index (χ0n) is 3.65. The highest BCUT2D eigenvalue weighted by molar-refractivity contribution is 4.78. The van der Waals surface area contributed by atoms with E-state index in [0.29, 0.717) is 6.04 Å². The summed E-state index contributed by atoms with van der Waals surface area (Å²) in [5.41, 5.74) is 0. The van der Waals surface area contributed by atoms with Crippen molar-refractivity contribution in [3.8, 4) is 0 Å². The molecule has 2 N–H and O–H groups in total. The molecule has 1 aliphatic rings. The van der Waals surface area contributed by atoms with Crippen LogP contribution >= 0.6 is 0 Å². The molecule has 0 spiro atoms. The first-order valence-electron chi connectivity index (χ1n) is 2.27. The summed E-state index contributed by atoms with van der Waals surface area (Å²) in [4.78, 5) is 0. The molecule has 2 nitrogen and oxygen atoms in total. The monoisotopic (exact) mass is 87.1 g/mol. The maximum absolute atomic E-state index is 8.17. The maximum Gasteiger partial charge on any atom is 0.0933 e. The summed E-state index contributed by atoms with van der Waals surface area (Å²) in [6, 6.07) is 0.648. The fourth-order valence-electron chi connectivity index (χ4n) is 0.417. The predicted octanol–water partition coefficient (Wildman–Crippen LogP) is -0.312. The normalized spacial score (nSPS) is 21.5. The number of aliphatic hydroxyl groups is 1. The molecule has 0 aromatic heterocycles. The Hall–Kier alpha value is -0.0800. The highest BCUT2D eigenvalue weighted by Gasteiger charge is 2.18. The largest absolute Gasteiger partial charge is 0.381 e. The molecule has 0 unspecified atom stereocenters. The Balaban J connectivity index is 1.88. The lowest BCUT2D eigenvalue weighted by atomic mass is 10.7. The minimum Gasteiger partial charge on any atom is -0.381 e. The second kappa shape index (κ2) is 1.58. The van der Waals surface area contributed by atoms with Gasteiger partial charge in [0, 0.05) is 6.04 Å². The van der Waals surface area contributed by atoms with E-state index in [1.165, 1.54) is 12.8 Å². The zero-order chi connectivity index (χ0) is 4.41.